The number of hydrogen-bond acceptors (Lipinski definition) is 5. The van der Waals surface area contributed by atoms with Crippen LogP contribution in [0, 0.1) is 10.1 Å². The summed E-state index contributed by atoms with van der Waals surface area (Å²) < 4.78 is 10.7. The van der Waals surface area contributed by atoms with Gasteiger partial charge < -0.3 is 9.47 Å². The number of ether oxygens (including phenoxy) is 2. The van der Waals surface area contributed by atoms with Crippen LogP contribution in [0.25, 0.3) is 11.1 Å². The molecule has 2 heterocycles. The van der Waals surface area contributed by atoms with E-state index in [1.54, 1.807) is 6.07 Å². The molecular formula is C13H11NO4S. The largest absolute Gasteiger partial charge is 0.346 e. The van der Waals surface area contributed by atoms with E-state index in [2.05, 4.69) is 0 Å². The van der Waals surface area contributed by atoms with E-state index in [1.165, 1.54) is 17.4 Å². The Kier molecular flexibility index (Phi) is 3.29. The van der Waals surface area contributed by atoms with E-state index in [9.17, 15) is 10.1 Å². The van der Waals surface area contributed by atoms with Crippen LogP contribution < -0.4 is 0 Å². The van der Waals surface area contributed by atoms with Gasteiger partial charge in [-0.15, -0.1) is 0 Å². The van der Waals surface area contributed by atoms with E-state index in [-0.39, 0.29) is 10.6 Å². The molecule has 0 aliphatic carbocycles. The molecule has 0 bridgehead atoms. The Bertz CT molecular complexity index is 591. The van der Waals surface area contributed by atoms with Crippen molar-refractivity contribution >= 4 is 17.0 Å². The van der Waals surface area contributed by atoms with Gasteiger partial charge in [-0.25, -0.2) is 0 Å². The number of nitro groups is 1. The van der Waals surface area contributed by atoms with Gasteiger partial charge in [-0.1, -0.05) is 6.07 Å². The molecule has 0 amide bonds. The van der Waals surface area contributed by atoms with Gasteiger partial charge in [-0.2, -0.15) is 11.3 Å². The van der Waals surface area contributed by atoms with Crippen molar-refractivity contribution in [2.24, 2.45) is 0 Å². The van der Waals surface area contributed by atoms with Gasteiger partial charge in [0, 0.05) is 11.6 Å². The molecule has 1 fully saturated rings. The average Bonchev–Trinajstić information content (AvgIpc) is 3.11. The number of hydrogen-bond donors (Lipinski definition) is 0. The Morgan fingerprint density at radius 2 is 2.05 bits per heavy atom. The molecule has 1 aliphatic heterocycles. The minimum Gasteiger partial charge on any atom is -0.346 e. The third kappa shape index (κ3) is 2.37. The van der Waals surface area contributed by atoms with Crippen molar-refractivity contribution < 1.29 is 14.4 Å². The van der Waals surface area contributed by atoms with Crippen molar-refractivity contribution in [2.75, 3.05) is 13.2 Å². The third-order valence-corrected chi connectivity index (χ3v) is 3.63. The first-order chi connectivity index (χ1) is 9.25. The van der Waals surface area contributed by atoms with E-state index in [0.29, 0.717) is 24.3 Å². The zero-order chi connectivity index (χ0) is 13.2. The van der Waals surface area contributed by atoms with Crippen molar-refractivity contribution in [1.29, 1.82) is 0 Å². The molecule has 1 saturated heterocycles. The zero-order valence-corrected chi connectivity index (χ0v) is 10.8. The molecule has 6 heteroatoms. The summed E-state index contributed by atoms with van der Waals surface area (Å²) in [6, 6.07) is 6.97. The SMILES string of the molecule is O=[N+]([O-])c1cc(C2OCCO2)ccc1-c1ccsc1. The summed E-state index contributed by atoms with van der Waals surface area (Å²) in [4.78, 5) is 10.8. The number of nitrogens with zero attached hydrogens (tertiary/aromatic N) is 1. The Balaban J connectivity index is 2.04. The summed E-state index contributed by atoms with van der Waals surface area (Å²) >= 11 is 1.51. The normalized spacial score (nSPS) is 15.8. The first-order valence-electron chi connectivity index (χ1n) is 5.80. The Morgan fingerprint density at radius 1 is 1.26 bits per heavy atom. The molecule has 19 heavy (non-hydrogen) atoms. The molecule has 0 N–H and O–H groups in total. The Labute approximate surface area is 113 Å². The Hall–Kier alpha value is -1.76. The molecule has 0 atom stereocenters. The van der Waals surface area contributed by atoms with Crippen LogP contribution in [-0.4, -0.2) is 18.1 Å². The summed E-state index contributed by atoms with van der Waals surface area (Å²) in [6.45, 7) is 1.04. The van der Waals surface area contributed by atoms with Crippen LogP contribution in [0.3, 0.4) is 0 Å². The van der Waals surface area contributed by atoms with Crippen LogP contribution in [0.1, 0.15) is 11.9 Å². The molecule has 1 aliphatic rings. The van der Waals surface area contributed by atoms with Gasteiger partial charge >= 0.3 is 0 Å². The van der Waals surface area contributed by atoms with Gasteiger partial charge in [0.25, 0.3) is 5.69 Å². The first-order valence-corrected chi connectivity index (χ1v) is 6.74. The first kappa shape index (κ1) is 12.3. The molecule has 3 rings (SSSR count). The van der Waals surface area contributed by atoms with Crippen molar-refractivity contribution in [3.63, 3.8) is 0 Å². The summed E-state index contributed by atoms with van der Waals surface area (Å²) in [7, 11) is 0. The van der Waals surface area contributed by atoms with Crippen LogP contribution in [0.15, 0.2) is 35.0 Å². The van der Waals surface area contributed by atoms with Crippen LogP contribution in [0.2, 0.25) is 0 Å². The summed E-state index contributed by atoms with van der Waals surface area (Å²) in [5.74, 6) is 0. The molecule has 0 spiro atoms. The molecule has 5 nitrogen and oxygen atoms in total. The molecule has 0 saturated carbocycles. The maximum absolute atomic E-state index is 11.2. The summed E-state index contributed by atoms with van der Waals surface area (Å²) in [6.07, 6.45) is -0.491. The van der Waals surface area contributed by atoms with E-state index in [0.717, 1.165) is 5.56 Å². The fourth-order valence-electron chi connectivity index (χ4n) is 2.06. The average molecular weight is 277 g/mol. The van der Waals surface area contributed by atoms with Crippen molar-refractivity contribution in [2.45, 2.75) is 6.29 Å². The predicted octanol–water partition coefficient (Wildman–Crippen LogP) is 3.37. The molecule has 98 valence electrons. The maximum atomic E-state index is 11.2. The van der Waals surface area contributed by atoms with Gasteiger partial charge in [0.1, 0.15) is 0 Å². The predicted molar refractivity (Wildman–Crippen MR) is 71.1 cm³/mol. The molecule has 2 aromatic rings. The molecule has 0 unspecified atom stereocenters. The van der Waals surface area contributed by atoms with Gasteiger partial charge in [0.15, 0.2) is 6.29 Å². The van der Waals surface area contributed by atoms with Crippen molar-refractivity contribution in [1.82, 2.24) is 0 Å². The quantitative estimate of drug-likeness (QED) is 0.637. The third-order valence-electron chi connectivity index (χ3n) is 2.94. The minimum atomic E-state index is -0.491. The summed E-state index contributed by atoms with van der Waals surface area (Å²) in [5.41, 5.74) is 2.24. The van der Waals surface area contributed by atoms with Crippen LogP contribution in [-0.2, 0) is 9.47 Å². The Morgan fingerprint density at radius 3 is 2.68 bits per heavy atom. The van der Waals surface area contributed by atoms with Crippen LogP contribution >= 0.6 is 11.3 Å². The highest BCUT2D eigenvalue weighted by Gasteiger charge is 2.23. The highest BCUT2D eigenvalue weighted by Crippen LogP contribution is 2.35. The summed E-state index contributed by atoms with van der Waals surface area (Å²) in [5, 5.41) is 15.0. The topological polar surface area (TPSA) is 61.6 Å². The lowest BCUT2D eigenvalue weighted by Crippen LogP contribution is -2.00. The van der Waals surface area contributed by atoms with Gasteiger partial charge in [-0.05, 0) is 28.5 Å². The number of nitro benzene ring substituents is 1. The molecular weight excluding hydrogens is 266 g/mol. The lowest BCUT2D eigenvalue weighted by molar-refractivity contribution is -0.384. The standard InChI is InChI=1S/C13H11NO4S/c15-14(16)12-7-9(13-17-4-5-18-13)1-2-11(12)10-3-6-19-8-10/h1-3,6-8,13H,4-5H2. The zero-order valence-electron chi connectivity index (χ0n) is 9.94. The molecule has 1 aromatic carbocycles. The highest BCUT2D eigenvalue weighted by molar-refractivity contribution is 7.08. The monoisotopic (exact) mass is 277 g/mol. The smallest absolute Gasteiger partial charge is 0.277 e. The number of thiophene rings is 1. The number of benzene rings is 1. The second-order valence-corrected chi connectivity index (χ2v) is 4.90. The molecule has 0 radical (unpaired) electrons. The van der Waals surface area contributed by atoms with E-state index >= 15 is 0 Å². The molecule has 1 aromatic heterocycles. The fraction of sp³-hybridized carbons (Fsp3) is 0.231. The van der Waals surface area contributed by atoms with Gasteiger partial charge in [-0.3, -0.25) is 10.1 Å². The second-order valence-electron chi connectivity index (χ2n) is 4.12. The lowest BCUT2D eigenvalue weighted by atomic mass is 10.0. The van der Waals surface area contributed by atoms with Gasteiger partial charge in [0.05, 0.1) is 23.7 Å². The minimum absolute atomic E-state index is 0.0787. The lowest BCUT2D eigenvalue weighted by Gasteiger charge is -2.10. The number of rotatable bonds is 3. The van der Waals surface area contributed by atoms with Crippen LogP contribution in [0.4, 0.5) is 5.69 Å². The van der Waals surface area contributed by atoms with E-state index < -0.39 is 6.29 Å². The van der Waals surface area contributed by atoms with E-state index in [1.807, 2.05) is 22.9 Å². The van der Waals surface area contributed by atoms with Gasteiger partial charge in [0.2, 0.25) is 0 Å². The van der Waals surface area contributed by atoms with Crippen molar-refractivity contribution in [3.8, 4) is 11.1 Å². The maximum Gasteiger partial charge on any atom is 0.277 e. The fourth-order valence-corrected chi connectivity index (χ4v) is 2.71. The van der Waals surface area contributed by atoms with Crippen LogP contribution in [0.5, 0.6) is 0 Å². The highest BCUT2D eigenvalue weighted by atomic mass is 32.1. The second kappa shape index (κ2) is 5.08. The van der Waals surface area contributed by atoms with Crippen molar-refractivity contribution in [3.05, 3.63) is 50.7 Å². The van der Waals surface area contributed by atoms with E-state index in [4.69, 9.17) is 9.47 Å².